The number of ether oxygens (including phenoxy) is 2. The fraction of sp³-hybridized carbons (Fsp3) is 0.308. The Morgan fingerprint density at radius 1 is 1.00 bits per heavy atom. The Morgan fingerprint density at radius 3 is 2.31 bits per heavy atom. The van der Waals surface area contributed by atoms with Crippen molar-refractivity contribution in [3.8, 4) is 11.5 Å². The first-order valence-electron chi connectivity index (χ1n) is 10.6. The summed E-state index contributed by atoms with van der Waals surface area (Å²) >= 11 is 3.53. The summed E-state index contributed by atoms with van der Waals surface area (Å²) in [7, 11) is 5.16. The maximum atomic E-state index is 12.6. The van der Waals surface area contributed by atoms with Crippen molar-refractivity contribution in [2.24, 2.45) is 0 Å². The molecule has 1 aliphatic heterocycles. The van der Waals surface area contributed by atoms with Crippen LogP contribution in [-0.2, 0) is 11.1 Å². The van der Waals surface area contributed by atoms with Gasteiger partial charge in [-0.3, -0.25) is 0 Å². The number of anilines is 1. The Kier molecular flexibility index (Phi) is 5.00. The predicted molar refractivity (Wildman–Crippen MR) is 127 cm³/mol. The summed E-state index contributed by atoms with van der Waals surface area (Å²) in [6, 6.07) is 21.8. The number of rotatable bonds is 4. The van der Waals surface area contributed by atoms with E-state index in [4.69, 9.17) is 9.47 Å². The molecule has 166 valence electrons. The van der Waals surface area contributed by atoms with Crippen molar-refractivity contribution in [1.29, 1.82) is 0 Å². The predicted octanol–water partition coefficient (Wildman–Crippen LogP) is 4.55. The summed E-state index contributed by atoms with van der Waals surface area (Å²) in [5, 5.41) is 24.1. The van der Waals surface area contributed by atoms with E-state index in [-0.39, 0.29) is 5.92 Å². The minimum atomic E-state index is -1.59. The number of hydrogen-bond donors (Lipinski definition) is 2. The van der Waals surface area contributed by atoms with Gasteiger partial charge in [-0.15, -0.1) is 0 Å². The van der Waals surface area contributed by atoms with Crippen LogP contribution in [-0.4, -0.2) is 37.6 Å². The van der Waals surface area contributed by atoms with Gasteiger partial charge in [0.2, 0.25) is 0 Å². The fourth-order valence-electron chi connectivity index (χ4n) is 6.00. The van der Waals surface area contributed by atoms with Crippen LogP contribution in [0.5, 0.6) is 11.5 Å². The normalized spacial score (nSPS) is 28.4. The zero-order chi connectivity index (χ0) is 22.7. The molecule has 6 heteroatoms. The molecule has 0 spiro atoms. The highest BCUT2D eigenvalue weighted by Crippen LogP contribution is 2.69. The zero-order valence-corrected chi connectivity index (χ0v) is 19.8. The third kappa shape index (κ3) is 2.57. The van der Waals surface area contributed by atoms with Crippen LogP contribution in [0, 0.1) is 0 Å². The Balaban J connectivity index is 1.87. The van der Waals surface area contributed by atoms with Gasteiger partial charge in [0.05, 0.1) is 31.6 Å². The van der Waals surface area contributed by atoms with E-state index in [0.717, 1.165) is 21.3 Å². The smallest absolute Gasteiger partial charge is 0.149 e. The molecule has 1 aliphatic carbocycles. The second-order valence-electron chi connectivity index (χ2n) is 8.54. The molecule has 1 saturated carbocycles. The number of fused-ring (bicyclic) bond motifs is 3. The average Bonchev–Trinajstić information content (AvgIpc) is 3.18. The standard InChI is InChI=1S/C26H26BrNO4/c1-28-21-13-19(31-2)14-22(32-3)24(21)26(30)23(29)15-20(16-7-5-4-6-8-16)25(26,28)17-9-11-18(27)12-10-17/h4-14,20,23,29-30H,15H2,1-3H3/t20-,23+,25-,26+/m0/s1. The van der Waals surface area contributed by atoms with E-state index in [1.165, 1.54) is 0 Å². The number of likely N-dealkylation sites (N-methyl/N-ethyl adjacent to an activating group) is 1. The van der Waals surface area contributed by atoms with Gasteiger partial charge < -0.3 is 24.6 Å². The Morgan fingerprint density at radius 2 is 1.69 bits per heavy atom. The summed E-state index contributed by atoms with van der Waals surface area (Å²) in [6.45, 7) is 0. The average molecular weight is 496 g/mol. The molecule has 1 fully saturated rings. The topological polar surface area (TPSA) is 62.2 Å². The van der Waals surface area contributed by atoms with Crippen LogP contribution in [0.25, 0.3) is 0 Å². The van der Waals surface area contributed by atoms with Gasteiger partial charge in [0.15, 0.2) is 0 Å². The first-order chi connectivity index (χ1) is 15.4. The quantitative estimate of drug-likeness (QED) is 0.555. The van der Waals surface area contributed by atoms with Crippen LogP contribution < -0.4 is 14.4 Å². The van der Waals surface area contributed by atoms with E-state index in [1.807, 2.05) is 55.6 Å². The molecule has 5 nitrogen and oxygen atoms in total. The van der Waals surface area contributed by atoms with Crippen molar-refractivity contribution >= 4 is 21.6 Å². The van der Waals surface area contributed by atoms with Gasteiger partial charge in [-0.05, 0) is 29.7 Å². The van der Waals surface area contributed by atoms with Crippen LogP contribution >= 0.6 is 15.9 Å². The second kappa shape index (κ2) is 7.51. The highest BCUT2D eigenvalue weighted by Gasteiger charge is 2.73. The number of methoxy groups -OCH3 is 2. The van der Waals surface area contributed by atoms with Crippen molar-refractivity contribution < 1.29 is 19.7 Å². The van der Waals surface area contributed by atoms with Gasteiger partial charge in [0.25, 0.3) is 0 Å². The summed E-state index contributed by atoms with van der Waals surface area (Å²) in [6.07, 6.45) is -0.586. The van der Waals surface area contributed by atoms with E-state index < -0.39 is 17.2 Å². The molecule has 0 unspecified atom stereocenters. The maximum absolute atomic E-state index is 12.6. The summed E-state index contributed by atoms with van der Waals surface area (Å²) in [5.41, 5.74) is 0.826. The fourth-order valence-corrected chi connectivity index (χ4v) is 6.27. The van der Waals surface area contributed by atoms with E-state index in [1.54, 1.807) is 20.3 Å². The van der Waals surface area contributed by atoms with Crippen LogP contribution in [0.15, 0.2) is 71.2 Å². The molecule has 5 rings (SSSR count). The van der Waals surface area contributed by atoms with E-state index in [9.17, 15) is 10.2 Å². The molecular formula is C26H26BrNO4. The van der Waals surface area contributed by atoms with E-state index in [0.29, 0.717) is 23.5 Å². The molecule has 0 radical (unpaired) electrons. The molecule has 1 heterocycles. The molecular weight excluding hydrogens is 470 g/mol. The molecule has 0 bridgehead atoms. The van der Waals surface area contributed by atoms with Crippen LogP contribution in [0.2, 0.25) is 0 Å². The number of halogens is 1. The van der Waals surface area contributed by atoms with Gasteiger partial charge in [-0.25, -0.2) is 0 Å². The number of aliphatic hydroxyl groups excluding tert-OH is 1. The third-order valence-corrected chi connectivity index (χ3v) is 7.82. The molecule has 3 aromatic carbocycles. The van der Waals surface area contributed by atoms with Gasteiger partial charge in [0, 0.05) is 29.6 Å². The van der Waals surface area contributed by atoms with Gasteiger partial charge in [-0.1, -0.05) is 58.4 Å². The molecule has 0 amide bonds. The molecule has 4 atom stereocenters. The molecule has 3 aromatic rings. The first-order valence-corrected chi connectivity index (χ1v) is 11.4. The number of hydrogen-bond acceptors (Lipinski definition) is 5. The van der Waals surface area contributed by atoms with Gasteiger partial charge >= 0.3 is 0 Å². The summed E-state index contributed by atoms with van der Waals surface area (Å²) < 4.78 is 12.2. The van der Waals surface area contributed by atoms with E-state index in [2.05, 4.69) is 33.0 Å². The summed E-state index contributed by atoms with van der Waals surface area (Å²) in [4.78, 5) is 2.10. The van der Waals surface area contributed by atoms with E-state index >= 15 is 0 Å². The molecule has 32 heavy (non-hydrogen) atoms. The maximum Gasteiger partial charge on any atom is 0.149 e. The molecule has 0 aromatic heterocycles. The Bertz CT molecular complexity index is 1150. The van der Waals surface area contributed by atoms with Crippen molar-refractivity contribution in [2.75, 3.05) is 26.2 Å². The third-order valence-electron chi connectivity index (χ3n) is 7.29. The monoisotopic (exact) mass is 495 g/mol. The highest BCUT2D eigenvalue weighted by atomic mass is 79.9. The minimum absolute atomic E-state index is 0.169. The lowest BCUT2D eigenvalue weighted by molar-refractivity contribution is -0.0940. The Labute approximate surface area is 196 Å². The minimum Gasteiger partial charge on any atom is -0.497 e. The largest absolute Gasteiger partial charge is 0.497 e. The van der Waals surface area contributed by atoms with Crippen molar-refractivity contribution in [3.05, 3.63) is 87.9 Å². The lowest BCUT2D eigenvalue weighted by atomic mass is 9.69. The number of benzene rings is 3. The molecule has 0 saturated heterocycles. The number of nitrogens with zero attached hydrogens (tertiary/aromatic N) is 1. The van der Waals surface area contributed by atoms with Crippen molar-refractivity contribution in [3.63, 3.8) is 0 Å². The van der Waals surface area contributed by atoms with Crippen molar-refractivity contribution in [2.45, 2.75) is 29.6 Å². The SMILES string of the molecule is COc1cc(OC)c2c(c1)N(C)[C@@]1(c3ccc(Br)cc3)[C@H](c3ccccc3)C[C@@H](O)[C@@]21O. The highest BCUT2D eigenvalue weighted by molar-refractivity contribution is 9.10. The number of aliphatic hydroxyl groups is 2. The molecule has 2 N–H and O–H groups in total. The summed E-state index contributed by atoms with van der Waals surface area (Å²) in [5.74, 6) is 0.964. The van der Waals surface area contributed by atoms with Gasteiger partial charge in [-0.2, -0.15) is 0 Å². The van der Waals surface area contributed by atoms with Gasteiger partial charge in [0.1, 0.15) is 22.6 Å². The Hall–Kier alpha value is -2.54. The zero-order valence-electron chi connectivity index (χ0n) is 18.2. The van der Waals surface area contributed by atoms with Crippen LogP contribution in [0.3, 0.4) is 0 Å². The second-order valence-corrected chi connectivity index (χ2v) is 9.45. The molecule has 2 aliphatic rings. The van der Waals surface area contributed by atoms with Crippen LogP contribution in [0.1, 0.15) is 29.0 Å². The van der Waals surface area contributed by atoms with Crippen molar-refractivity contribution in [1.82, 2.24) is 0 Å². The lowest BCUT2D eigenvalue weighted by Crippen LogP contribution is -2.56. The lowest BCUT2D eigenvalue weighted by Gasteiger charge is -2.47. The first kappa shape index (κ1) is 21.3. The van der Waals surface area contributed by atoms with Crippen LogP contribution in [0.4, 0.5) is 5.69 Å².